The molecule has 0 radical (unpaired) electrons. The highest BCUT2D eigenvalue weighted by molar-refractivity contribution is 5.88. The Morgan fingerprint density at radius 1 is 0.776 bits per heavy atom. The average molecular weight is 665 g/mol. The molecular weight excluding hydrogens is 620 g/mol. The molecule has 4 heterocycles. The van der Waals surface area contributed by atoms with Gasteiger partial charge in [-0.05, 0) is 74.9 Å². The number of aromatic nitrogens is 4. The minimum Gasteiger partial charge on any atom is -0.345 e. The van der Waals surface area contributed by atoms with E-state index in [4.69, 9.17) is 9.97 Å². The fraction of sp³-hybridized carbons (Fsp3) is 0.459. The molecule has 6 rings (SSSR count). The fourth-order valence-electron chi connectivity index (χ4n) is 7.08. The highest BCUT2D eigenvalue weighted by Gasteiger charge is 2.37. The van der Waals surface area contributed by atoms with E-state index in [0.717, 1.165) is 76.9 Å². The van der Waals surface area contributed by atoms with Gasteiger partial charge in [-0.25, -0.2) is 9.97 Å². The maximum atomic E-state index is 13.4. The van der Waals surface area contributed by atoms with Crippen LogP contribution in [0.4, 0.5) is 0 Å². The molecule has 4 N–H and O–H groups in total. The summed E-state index contributed by atoms with van der Waals surface area (Å²) in [6.45, 7) is 8.03. The maximum Gasteiger partial charge on any atom is 0.245 e. The number of nitrogens with one attached hydrogen (secondary N) is 4. The van der Waals surface area contributed by atoms with Gasteiger partial charge < -0.3 is 30.4 Å². The third kappa shape index (κ3) is 7.31. The number of carbonyl (C=O) groups excluding carboxylic acids is 4. The van der Waals surface area contributed by atoms with E-state index in [1.165, 1.54) is 13.8 Å². The lowest BCUT2D eigenvalue weighted by atomic mass is 10.1. The third-order valence-electron chi connectivity index (χ3n) is 9.39. The van der Waals surface area contributed by atoms with Crippen molar-refractivity contribution in [3.63, 3.8) is 0 Å². The molecule has 2 fully saturated rings. The first kappa shape index (κ1) is 33.7. The average Bonchev–Trinajstić information content (AvgIpc) is 3.89. The molecule has 4 aromatic rings. The number of hydrogen-bond donors (Lipinski definition) is 4. The number of nitrogens with zero attached hydrogens (tertiary/aromatic N) is 4. The molecule has 0 saturated carbocycles. The molecule has 2 aliphatic heterocycles. The Morgan fingerprint density at radius 3 is 1.69 bits per heavy atom. The molecule has 12 heteroatoms. The molecule has 2 aliphatic rings. The Bertz CT molecular complexity index is 1950. The van der Waals surface area contributed by atoms with Crippen molar-refractivity contribution in [2.75, 3.05) is 13.1 Å². The van der Waals surface area contributed by atoms with Crippen LogP contribution < -0.4 is 10.6 Å². The zero-order valence-electron chi connectivity index (χ0n) is 28.6. The Hall–Kier alpha value is -5.18. The van der Waals surface area contributed by atoms with Crippen molar-refractivity contribution in [3.05, 3.63) is 59.2 Å². The number of carbonyl (C=O) groups is 4. The van der Waals surface area contributed by atoms with Crippen LogP contribution in [0.2, 0.25) is 0 Å². The Kier molecular flexibility index (Phi) is 9.99. The predicted octanol–water partition coefficient (Wildman–Crippen LogP) is 4.39. The number of amides is 4. The summed E-state index contributed by atoms with van der Waals surface area (Å²) in [4.78, 5) is 70.3. The minimum atomic E-state index is -0.544. The van der Waals surface area contributed by atoms with Crippen molar-refractivity contribution in [1.29, 1.82) is 0 Å². The molecular formula is C37H44N8O4. The van der Waals surface area contributed by atoms with Gasteiger partial charge in [0.1, 0.15) is 23.7 Å². The third-order valence-corrected chi connectivity index (χ3v) is 9.39. The van der Waals surface area contributed by atoms with E-state index in [1.807, 2.05) is 60.0 Å². The second kappa shape index (κ2) is 14.5. The van der Waals surface area contributed by atoms with Gasteiger partial charge in [-0.1, -0.05) is 32.1 Å². The lowest BCUT2D eigenvalue weighted by molar-refractivity contribution is -0.137. The summed E-state index contributed by atoms with van der Waals surface area (Å²) in [7, 11) is 0. The van der Waals surface area contributed by atoms with Crippen molar-refractivity contribution < 1.29 is 19.2 Å². The molecule has 0 spiro atoms. The largest absolute Gasteiger partial charge is 0.345 e. The smallest absolute Gasteiger partial charge is 0.245 e. The molecule has 49 heavy (non-hydrogen) atoms. The van der Waals surface area contributed by atoms with E-state index in [1.54, 1.807) is 0 Å². The molecule has 12 nitrogen and oxygen atoms in total. The van der Waals surface area contributed by atoms with Gasteiger partial charge in [-0.3, -0.25) is 19.2 Å². The van der Waals surface area contributed by atoms with Crippen molar-refractivity contribution in [2.45, 2.75) is 96.8 Å². The molecule has 2 aromatic carbocycles. The van der Waals surface area contributed by atoms with E-state index in [0.29, 0.717) is 25.9 Å². The number of imidazole rings is 2. The summed E-state index contributed by atoms with van der Waals surface area (Å²) in [5.41, 5.74) is 4.95. The zero-order valence-corrected chi connectivity index (χ0v) is 28.6. The van der Waals surface area contributed by atoms with Gasteiger partial charge >= 0.3 is 0 Å². The highest BCUT2D eigenvalue weighted by atomic mass is 16.2. The van der Waals surface area contributed by atoms with Crippen LogP contribution in [0.1, 0.15) is 108 Å². The molecule has 2 aromatic heterocycles. The highest BCUT2D eigenvalue weighted by Crippen LogP contribution is 2.34. The molecule has 256 valence electrons. The predicted molar refractivity (Wildman–Crippen MR) is 186 cm³/mol. The number of hydrogen-bond acceptors (Lipinski definition) is 6. The van der Waals surface area contributed by atoms with E-state index < -0.39 is 12.1 Å². The Labute approximate surface area is 285 Å². The van der Waals surface area contributed by atoms with Crippen LogP contribution in [-0.4, -0.2) is 78.5 Å². The van der Waals surface area contributed by atoms with Gasteiger partial charge in [-0.2, -0.15) is 0 Å². The number of aromatic amines is 2. The molecule has 0 unspecified atom stereocenters. The summed E-state index contributed by atoms with van der Waals surface area (Å²) in [6, 6.07) is 10.3. The van der Waals surface area contributed by atoms with Gasteiger partial charge in [0, 0.05) is 38.1 Å². The van der Waals surface area contributed by atoms with Crippen molar-refractivity contribution in [3.8, 4) is 11.8 Å². The Balaban J connectivity index is 1.18. The standard InChI is InChI=1S/C37H44N8O4/c1-5-9-29(39-23(4)47)37(49)45-19-8-11-33(45)35-41-28-17-15-25(21-31(28)43-35)13-12-24-14-16-27-30(20-24)42-34(40-27)32-10-7-18-44(32)36(48)26(6-2)38-22(3)46/h14-17,20-21,26,29,32-33H,5-11,18-19H2,1-4H3,(H,38,46)(H,39,47)(H,40,42)(H,41,43)/t26-,29-,32+,33+/m1/s1. The molecule has 4 amide bonds. The summed E-state index contributed by atoms with van der Waals surface area (Å²) < 4.78 is 0. The topological polar surface area (TPSA) is 156 Å². The van der Waals surface area contributed by atoms with E-state index in [2.05, 4.69) is 32.4 Å². The van der Waals surface area contributed by atoms with Crippen LogP contribution in [0.3, 0.4) is 0 Å². The lowest BCUT2D eigenvalue weighted by Gasteiger charge is -2.28. The summed E-state index contributed by atoms with van der Waals surface area (Å²) in [6.07, 6.45) is 5.28. The first-order valence-electron chi connectivity index (χ1n) is 17.3. The fourth-order valence-corrected chi connectivity index (χ4v) is 7.08. The monoisotopic (exact) mass is 664 g/mol. The zero-order chi connectivity index (χ0) is 34.7. The molecule has 2 saturated heterocycles. The molecule has 0 aliphatic carbocycles. The number of H-pyrrole nitrogens is 2. The van der Waals surface area contributed by atoms with Gasteiger partial charge in [0.25, 0.3) is 0 Å². The second-order valence-electron chi connectivity index (χ2n) is 13.0. The van der Waals surface area contributed by atoms with Crippen LogP contribution in [0.5, 0.6) is 0 Å². The van der Waals surface area contributed by atoms with Gasteiger partial charge in [0.2, 0.25) is 23.6 Å². The number of rotatable bonds is 9. The normalized spacial score (nSPS) is 18.7. The van der Waals surface area contributed by atoms with Crippen LogP contribution in [-0.2, 0) is 19.2 Å². The van der Waals surface area contributed by atoms with Crippen molar-refractivity contribution in [1.82, 2.24) is 40.4 Å². The Morgan fingerprint density at radius 2 is 1.24 bits per heavy atom. The summed E-state index contributed by atoms with van der Waals surface area (Å²) >= 11 is 0. The molecule has 0 bridgehead atoms. The quantitative estimate of drug-likeness (QED) is 0.195. The van der Waals surface area contributed by atoms with Crippen molar-refractivity contribution >= 4 is 45.7 Å². The summed E-state index contributed by atoms with van der Waals surface area (Å²) in [5, 5.41) is 5.60. The van der Waals surface area contributed by atoms with E-state index >= 15 is 0 Å². The SMILES string of the molecule is CCC[C@@H](NC(C)=O)C(=O)N1CCC[C@H]1c1nc2ccc(C#Cc3ccc4nc([C@@H]5CCCN5C(=O)[C@@H](CC)NC(C)=O)[nH]c4c3)cc2[nH]1. The van der Waals surface area contributed by atoms with E-state index in [-0.39, 0.29) is 35.7 Å². The van der Waals surface area contributed by atoms with Gasteiger partial charge in [0.15, 0.2) is 0 Å². The van der Waals surface area contributed by atoms with Gasteiger partial charge in [0.05, 0.1) is 34.2 Å². The number of benzene rings is 2. The van der Waals surface area contributed by atoms with Crippen LogP contribution in [0.25, 0.3) is 22.1 Å². The number of likely N-dealkylation sites (tertiary alicyclic amines) is 2. The van der Waals surface area contributed by atoms with Crippen molar-refractivity contribution in [2.24, 2.45) is 0 Å². The van der Waals surface area contributed by atoms with Crippen LogP contribution in [0.15, 0.2) is 36.4 Å². The first-order valence-corrected chi connectivity index (χ1v) is 17.3. The maximum absolute atomic E-state index is 13.4. The lowest BCUT2D eigenvalue weighted by Crippen LogP contribution is -2.47. The summed E-state index contributed by atoms with van der Waals surface area (Å²) in [5.74, 6) is 7.45. The second-order valence-corrected chi connectivity index (χ2v) is 13.0. The first-order chi connectivity index (χ1) is 23.6. The molecule has 4 atom stereocenters. The van der Waals surface area contributed by atoms with Crippen LogP contribution in [0, 0.1) is 11.8 Å². The van der Waals surface area contributed by atoms with Gasteiger partial charge in [-0.15, -0.1) is 0 Å². The minimum absolute atomic E-state index is 0.0610. The van der Waals surface area contributed by atoms with Crippen LogP contribution >= 0.6 is 0 Å². The number of fused-ring (bicyclic) bond motifs is 2. The van der Waals surface area contributed by atoms with E-state index in [9.17, 15) is 19.2 Å².